The lowest BCUT2D eigenvalue weighted by atomic mass is 9.41. The van der Waals surface area contributed by atoms with Gasteiger partial charge in [-0.05, 0) is 67.9 Å². The Bertz CT molecular complexity index is 924. The van der Waals surface area contributed by atoms with Crippen LogP contribution < -0.4 is 5.63 Å². The van der Waals surface area contributed by atoms with Crippen LogP contribution in [0, 0.1) is 22.7 Å². The zero-order valence-electron chi connectivity index (χ0n) is 17.9. The molecular formula is C24H32O7. The third-order valence-electron chi connectivity index (χ3n) is 9.87. The number of rotatable bonds is 2. The maximum absolute atomic E-state index is 12.6. The van der Waals surface area contributed by atoms with Gasteiger partial charge in [-0.2, -0.15) is 0 Å². The number of fused-ring (bicyclic) bond motifs is 5. The van der Waals surface area contributed by atoms with E-state index in [9.17, 15) is 30.0 Å². The molecule has 1 heterocycles. The molecule has 0 radical (unpaired) electrons. The van der Waals surface area contributed by atoms with Crippen molar-refractivity contribution in [2.45, 2.75) is 87.6 Å². The molecule has 1 aromatic heterocycles. The molecule has 0 aliphatic heterocycles. The molecular weight excluding hydrogens is 400 g/mol. The highest BCUT2D eigenvalue weighted by atomic mass is 16.4. The van der Waals surface area contributed by atoms with Crippen molar-refractivity contribution in [3.63, 3.8) is 0 Å². The zero-order valence-corrected chi connectivity index (χ0v) is 17.9. The monoisotopic (exact) mass is 432 g/mol. The van der Waals surface area contributed by atoms with Crippen LogP contribution in [-0.2, 0) is 4.79 Å². The summed E-state index contributed by atoms with van der Waals surface area (Å²) >= 11 is 0. The van der Waals surface area contributed by atoms with Crippen LogP contribution in [0.25, 0.3) is 0 Å². The fraction of sp³-hybridized carbons (Fsp3) is 0.750. The van der Waals surface area contributed by atoms with Crippen LogP contribution in [0.5, 0.6) is 0 Å². The van der Waals surface area contributed by atoms with Gasteiger partial charge in [0.25, 0.3) is 0 Å². The van der Waals surface area contributed by atoms with Gasteiger partial charge >= 0.3 is 5.63 Å². The molecule has 7 heteroatoms. The molecule has 0 unspecified atom stereocenters. The molecule has 4 aliphatic rings. The lowest BCUT2D eigenvalue weighted by Crippen LogP contribution is -2.72. The first-order chi connectivity index (χ1) is 14.6. The molecule has 0 aromatic carbocycles. The Morgan fingerprint density at radius 2 is 1.81 bits per heavy atom. The van der Waals surface area contributed by atoms with Crippen LogP contribution in [-0.4, -0.2) is 50.1 Å². The van der Waals surface area contributed by atoms with Gasteiger partial charge in [-0.1, -0.05) is 6.92 Å². The summed E-state index contributed by atoms with van der Waals surface area (Å²) in [4.78, 5) is 24.0. The second-order valence-electron chi connectivity index (χ2n) is 10.8. The summed E-state index contributed by atoms with van der Waals surface area (Å²) in [5, 5.41) is 44.8. The van der Waals surface area contributed by atoms with Crippen molar-refractivity contribution in [2.75, 3.05) is 0 Å². The van der Waals surface area contributed by atoms with Crippen LogP contribution in [0.4, 0.5) is 0 Å². The van der Waals surface area contributed by atoms with Crippen molar-refractivity contribution in [1.29, 1.82) is 0 Å². The Balaban J connectivity index is 1.55. The topological polar surface area (TPSA) is 128 Å². The van der Waals surface area contributed by atoms with Gasteiger partial charge in [0.1, 0.15) is 6.29 Å². The van der Waals surface area contributed by atoms with Crippen LogP contribution in [0.1, 0.15) is 69.8 Å². The van der Waals surface area contributed by atoms with E-state index in [4.69, 9.17) is 4.42 Å². The van der Waals surface area contributed by atoms with E-state index in [1.165, 1.54) is 12.3 Å². The number of hydrogen-bond donors (Lipinski definition) is 4. The SMILES string of the molecule is C[C@]12CC[C@H]3[C@@H](CC[C@]4(O)C[C@@H](O)C[C@@H](O)[C@]34C=O)[C@@]1(O)CC[C@@H]2c1ccc(=O)oc1. The lowest BCUT2D eigenvalue weighted by molar-refractivity contribution is -0.271. The van der Waals surface area contributed by atoms with E-state index in [0.29, 0.717) is 25.7 Å². The average molecular weight is 433 g/mol. The van der Waals surface area contributed by atoms with Crippen molar-refractivity contribution in [3.05, 3.63) is 34.4 Å². The van der Waals surface area contributed by atoms with E-state index in [0.717, 1.165) is 18.3 Å². The fourth-order valence-corrected chi connectivity index (χ4v) is 8.37. The minimum atomic E-state index is -1.46. The molecule has 31 heavy (non-hydrogen) atoms. The molecule has 9 atom stereocenters. The highest BCUT2D eigenvalue weighted by Crippen LogP contribution is 2.70. The Kier molecular flexibility index (Phi) is 4.63. The maximum atomic E-state index is 12.6. The highest BCUT2D eigenvalue weighted by Gasteiger charge is 2.73. The first-order valence-corrected chi connectivity index (χ1v) is 11.5. The molecule has 170 valence electrons. The number of carbonyl (C=O) groups excluding carboxylic acids is 1. The zero-order chi connectivity index (χ0) is 22.2. The molecule has 0 saturated heterocycles. The van der Waals surface area contributed by atoms with Gasteiger partial charge in [-0.3, -0.25) is 0 Å². The summed E-state index contributed by atoms with van der Waals surface area (Å²) < 4.78 is 5.10. The number of aldehydes is 1. The Morgan fingerprint density at radius 3 is 2.48 bits per heavy atom. The molecule has 4 fully saturated rings. The van der Waals surface area contributed by atoms with Gasteiger partial charge in [0.2, 0.25) is 0 Å². The highest BCUT2D eigenvalue weighted by molar-refractivity contribution is 5.65. The first-order valence-electron chi connectivity index (χ1n) is 11.5. The van der Waals surface area contributed by atoms with E-state index in [-0.39, 0.29) is 37.0 Å². The average Bonchev–Trinajstić information content (AvgIpc) is 2.99. The lowest BCUT2D eigenvalue weighted by Gasteiger charge is -2.66. The third-order valence-corrected chi connectivity index (χ3v) is 9.87. The second-order valence-corrected chi connectivity index (χ2v) is 10.8. The fourth-order valence-electron chi connectivity index (χ4n) is 8.37. The van der Waals surface area contributed by atoms with Gasteiger partial charge in [-0.15, -0.1) is 0 Å². The quantitative estimate of drug-likeness (QED) is 0.522. The van der Waals surface area contributed by atoms with Gasteiger partial charge < -0.3 is 29.6 Å². The molecule has 4 N–H and O–H groups in total. The molecule has 5 rings (SSSR count). The summed E-state index contributed by atoms with van der Waals surface area (Å²) in [5.41, 5.74) is -3.85. The van der Waals surface area contributed by atoms with Crippen molar-refractivity contribution < 1.29 is 29.6 Å². The molecule has 4 saturated carbocycles. The summed E-state index contributed by atoms with van der Waals surface area (Å²) in [6, 6.07) is 3.19. The molecule has 0 bridgehead atoms. The minimum Gasteiger partial charge on any atom is -0.431 e. The molecule has 4 aliphatic carbocycles. The molecule has 7 nitrogen and oxygen atoms in total. The summed E-state index contributed by atoms with van der Waals surface area (Å²) in [5.74, 6) is -0.562. The van der Waals surface area contributed by atoms with Crippen LogP contribution in [0.3, 0.4) is 0 Å². The molecule has 1 aromatic rings. The smallest absolute Gasteiger partial charge is 0.335 e. The normalized spacial score (nSPS) is 51.5. The maximum Gasteiger partial charge on any atom is 0.335 e. The van der Waals surface area contributed by atoms with Crippen molar-refractivity contribution in [2.24, 2.45) is 22.7 Å². The summed E-state index contributed by atoms with van der Waals surface area (Å²) in [7, 11) is 0. The van der Waals surface area contributed by atoms with Crippen molar-refractivity contribution in [1.82, 2.24) is 0 Å². The number of aliphatic hydroxyl groups is 4. The predicted octanol–water partition coefficient (Wildman–Crippen LogP) is 1.51. The van der Waals surface area contributed by atoms with E-state index in [1.54, 1.807) is 6.07 Å². The molecule has 0 amide bonds. The third kappa shape index (κ3) is 2.55. The van der Waals surface area contributed by atoms with Crippen molar-refractivity contribution in [3.8, 4) is 0 Å². The first kappa shape index (κ1) is 21.3. The number of hydrogen-bond acceptors (Lipinski definition) is 7. The standard InChI is InChI=1S/C24H32O7/c1-21-7-4-17-18(5-8-22(29)11-15(26)10-19(27)23(17,22)13-25)24(21,30)9-6-16(21)14-2-3-20(28)31-12-14/h2-3,12-13,15-19,26-27,29-30H,4-11H2,1H3/t15-,16+,17-,18+,19+,21+,22-,23-,24-/m0/s1. The second kappa shape index (κ2) is 6.73. The van der Waals surface area contributed by atoms with Gasteiger partial charge in [-0.25, -0.2) is 4.79 Å². The Labute approximate surface area is 181 Å². The van der Waals surface area contributed by atoms with E-state index in [1.807, 2.05) is 0 Å². The van der Waals surface area contributed by atoms with Crippen LogP contribution in [0.15, 0.2) is 27.6 Å². The predicted molar refractivity (Wildman–Crippen MR) is 110 cm³/mol. The summed E-state index contributed by atoms with van der Waals surface area (Å²) in [6.07, 6.45) is 3.72. The minimum absolute atomic E-state index is 0.0221. The van der Waals surface area contributed by atoms with E-state index in [2.05, 4.69) is 6.92 Å². The largest absolute Gasteiger partial charge is 0.431 e. The summed E-state index contributed by atoms with van der Waals surface area (Å²) in [6.45, 7) is 2.08. The van der Waals surface area contributed by atoms with Crippen molar-refractivity contribution >= 4 is 6.29 Å². The number of carbonyl (C=O) groups is 1. The Morgan fingerprint density at radius 1 is 1.06 bits per heavy atom. The van der Waals surface area contributed by atoms with E-state index >= 15 is 0 Å². The van der Waals surface area contributed by atoms with E-state index < -0.39 is 39.9 Å². The van der Waals surface area contributed by atoms with Gasteiger partial charge in [0.05, 0.1) is 35.1 Å². The number of aliphatic hydroxyl groups excluding tert-OH is 2. The van der Waals surface area contributed by atoms with Gasteiger partial charge in [0, 0.05) is 24.3 Å². The van der Waals surface area contributed by atoms with Gasteiger partial charge in [0.15, 0.2) is 0 Å². The molecule has 0 spiro atoms. The van der Waals surface area contributed by atoms with Crippen LogP contribution in [0.2, 0.25) is 0 Å². The van der Waals surface area contributed by atoms with Crippen LogP contribution >= 0.6 is 0 Å². The Hall–Kier alpha value is -1.54.